The van der Waals surface area contributed by atoms with Crippen LogP contribution in [-0.2, 0) is 8.92 Å². The number of ether oxygens (including phenoxy) is 1. The molecule has 0 radical (unpaired) electrons. The van der Waals surface area contributed by atoms with E-state index in [9.17, 15) is 17.7 Å². The Morgan fingerprint density at radius 1 is 1.08 bits per heavy atom. The number of nitrogens with one attached hydrogen (secondary N) is 1. The summed E-state index contributed by atoms with van der Waals surface area (Å²) in [6, 6.07) is 9.79. The highest BCUT2D eigenvalue weighted by Crippen LogP contribution is 2.54. The smallest absolute Gasteiger partial charge is 0.213 e. The summed E-state index contributed by atoms with van der Waals surface area (Å²) in [4.78, 5) is 8.45. The van der Waals surface area contributed by atoms with Gasteiger partial charge in [0, 0.05) is 43.0 Å². The second-order valence-electron chi connectivity index (χ2n) is 8.52. The van der Waals surface area contributed by atoms with Gasteiger partial charge < -0.3 is 4.74 Å². The van der Waals surface area contributed by atoms with Gasteiger partial charge in [-0.05, 0) is 48.7 Å². The molecule has 38 heavy (non-hydrogen) atoms. The number of hydrogen-bond donors (Lipinski definition) is 2. The summed E-state index contributed by atoms with van der Waals surface area (Å²) in [6.07, 6.45) is 2.83. The minimum Gasteiger partial charge on any atom is -0.381 e. The number of thiazole rings is 1. The fraction of sp³-hybridized carbons (Fsp3) is 0.231. The Kier molecular flexibility index (Phi) is 7.68. The third-order valence-electron chi connectivity index (χ3n) is 6.14. The summed E-state index contributed by atoms with van der Waals surface area (Å²) in [5, 5.41) is 0.772. The third kappa shape index (κ3) is 5.27. The minimum absolute atomic E-state index is 0.0781. The fourth-order valence-corrected chi connectivity index (χ4v) is 6.87. The summed E-state index contributed by atoms with van der Waals surface area (Å²) >= 11 is 1.35. The van der Waals surface area contributed by atoms with Crippen molar-refractivity contribution in [2.24, 2.45) is 0 Å². The molecule has 0 saturated carbocycles. The standard InChI is InChI=1S/C26H23F4N3O3S2/c1-35-38(34,21-14-17(27)5-6-19(21)28)33-20-4-2-3-18(23(20)30)24-25(16-7-10-31-22(29)13-16)37-26(32-24)15-8-11-36-12-9-15/h2-7,10,13-15,33-34H,8-9,11-12H2,1H3. The van der Waals surface area contributed by atoms with Crippen molar-refractivity contribution in [2.75, 3.05) is 25.0 Å². The molecule has 0 bridgehead atoms. The Morgan fingerprint density at radius 3 is 2.61 bits per heavy atom. The quantitative estimate of drug-likeness (QED) is 0.178. The van der Waals surface area contributed by atoms with Gasteiger partial charge >= 0.3 is 0 Å². The van der Waals surface area contributed by atoms with Crippen LogP contribution in [0, 0.1) is 23.4 Å². The number of halogens is 4. The topological polar surface area (TPSA) is 76.5 Å². The van der Waals surface area contributed by atoms with Gasteiger partial charge in [0.05, 0.1) is 28.4 Å². The predicted molar refractivity (Wildman–Crippen MR) is 139 cm³/mol. The van der Waals surface area contributed by atoms with Gasteiger partial charge in [0.25, 0.3) is 0 Å². The predicted octanol–water partition coefficient (Wildman–Crippen LogP) is 7.55. The summed E-state index contributed by atoms with van der Waals surface area (Å²) in [6.45, 7) is 1.17. The molecule has 2 N–H and O–H groups in total. The minimum atomic E-state index is -3.66. The van der Waals surface area contributed by atoms with Gasteiger partial charge in [-0.25, -0.2) is 23.1 Å². The van der Waals surface area contributed by atoms with Crippen molar-refractivity contribution in [3.05, 3.63) is 83.1 Å². The van der Waals surface area contributed by atoms with Crippen molar-refractivity contribution in [3.8, 4) is 21.7 Å². The summed E-state index contributed by atoms with van der Waals surface area (Å²) < 4.78 is 82.6. The Labute approximate surface area is 222 Å². The zero-order chi connectivity index (χ0) is 26.9. The van der Waals surface area contributed by atoms with E-state index in [1.807, 2.05) is 0 Å². The van der Waals surface area contributed by atoms with Crippen LogP contribution in [0.5, 0.6) is 0 Å². The number of benzene rings is 2. The molecule has 1 aliphatic heterocycles. The first-order valence-electron chi connectivity index (χ1n) is 11.6. The molecule has 6 nitrogen and oxygen atoms in total. The van der Waals surface area contributed by atoms with Crippen LogP contribution in [0.1, 0.15) is 23.8 Å². The van der Waals surface area contributed by atoms with Crippen molar-refractivity contribution in [3.63, 3.8) is 0 Å². The maximum atomic E-state index is 16.0. The first-order valence-corrected chi connectivity index (χ1v) is 14.0. The highest BCUT2D eigenvalue weighted by Gasteiger charge is 2.28. The van der Waals surface area contributed by atoms with Crippen LogP contribution >= 0.6 is 22.1 Å². The van der Waals surface area contributed by atoms with Crippen LogP contribution in [0.2, 0.25) is 0 Å². The Morgan fingerprint density at radius 2 is 1.87 bits per heavy atom. The number of pyridine rings is 1. The first-order chi connectivity index (χ1) is 18.3. The van der Waals surface area contributed by atoms with E-state index in [1.165, 1.54) is 41.8 Å². The summed E-state index contributed by atoms with van der Waals surface area (Å²) in [5.41, 5.74) is 0.644. The number of anilines is 1. The van der Waals surface area contributed by atoms with Gasteiger partial charge in [-0.3, -0.25) is 13.5 Å². The van der Waals surface area contributed by atoms with Gasteiger partial charge in [-0.1, -0.05) is 16.8 Å². The highest BCUT2D eigenvalue weighted by atomic mass is 32.3. The van der Waals surface area contributed by atoms with Crippen LogP contribution in [0.25, 0.3) is 21.7 Å². The van der Waals surface area contributed by atoms with Gasteiger partial charge in [0.2, 0.25) is 5.95 Å². The largest absolute Gasteiger partial charge is 0.381 e. The number of hydrogen-bond acceptors (Lipinski definition) is 7. The number of nitrogens with zero attached hydrogens (tertiary/aromatic N) is 2. The zero-order valence-electron chi connectivity index (χ0n) is 20.1. The van der Waals surface area contributed by atoms with Gasteiger partial charge in [-0.2, -0.15) is 4.39 Å². The van der Waals surface area contributed by atoms with E-state index in [0.29, 0.717) is 23.7 Å². The number of rotatable bonds is 7. The average molecular weight is 566 g/mol. The van der Waals surface area contributed by atoms with E-state index in [1.54, 1.807) is 6.07 Å². The molecular formula is C26H23F4N3O3S2. The molecule has 200 valence electrons. The van der Waals surface area contributed by atoms with Crippen molar-refractivity contribution in [1.82, 2.24) is 9.97 Å². The molecule has 2 aromatic heterocycles. The molecule has 1 saturated heterocycles. The second-order valence-corrected chi connectivity index (χ2v) is 11.6. The van der Waals surface area contributed by atoms with Gasteiger partial charge in [-0.15, -0.1) is 11.3 Å². The van der Waals surface area contributed by atoms with E-state index < -0.39 is 39.1 Å². The highest BCUT2D eigenvalue weighted by molar-refractivity contribution is 8.26. The van der Waals surface area contributed by atoms with Crippen LogP contribution in [-0.4, -0.2) is 34.8 Å². The molecule has 2 aromatic carbocycles. The summed E-state index contributed by atoms with van der Waals surface area (Å²) in [5.74, 6) is -3.09. The molecule has 3 heterocycles. The second kappa shape index (κ2) is 11.0. The molecule has 4 aromatic rings. The maximum Gasteiger partial charge on any atom is 0.213 e. The van der Waals surface area contributed by atoms with E-state index in [4.69, 9.17) is 13.9 Å². The van der Waals surface area contributed by atoms with Gasteiger partial charge in [0.15, 0.2) is 5.82 Å². The molecule has 0 amide bonds. The van der Waals surface area contributed by atoms with E-state index in [0.717, 1.165) is 43.2 Å². The normalized spacial score (nSPS) is 16.7. The first kappa shape index (κ1) is 26.6. The molecule has 1 aliphatic rings. The van der Waals surface area contributed by atoms with Crippen molar-refractivity contribution >= 4 is 27.8 Å². The molecule has 1 atom stereocenters. The Bertz CT molecular complexity index is 1470. The van der Waals surface area contributed by atoms with Crippen molar-refractivity contribution in [2.45, 2.75) is 23.7 Å². The lowest BCUT2D eigenvalue weighted by Crippen LogP contribution is -2.15. The lowest BCUT2D eigenvalue weighted by molar-refractivity contribution is 0.0853. The summed E-state index contributed by atoms with van der Waals surface area (Å²) in [7, 11) is -2.56. The van der Waals surface area contributed by atoms with Crippen LogP contribution in [0.3, 0.4) is 0 Å². The maximum absolute atomic E-state index is 16.0. The number of aromatic nitrogens is 2. The molecule has 0 aliphatic carbocycles. The molecule has 0 spiro atoms. The Balaban J connectivity index is 1.59. The molecular weight excluding hydrogens is 542 g/mol. The average Bonchev–Trinajstić information content (AvgIpc) is 3.37. The van der Waals surface area contributed by atoms with Crippen LogP contribution < -0.4 is 4.72 Å². The van der Waals surface area contributed by atoms with Crippen molar-refractivity contribution < 1.29 is 31.0 Å². The molecule has 5 rings (SSSR count). The Hall–Kier alpha value is -3.03. The lowest BCUT2D eigenvalue weighted by Gasteiger charge is -2.38. The van der Waals surface area contributed by atoms with Crippen LogP contribution in [0.4, 0.5) is 23.2 Å². The third-order valence-corrected chi connectivity index (χ3v) is 9.29. The van der Waals surface area contributed by atoms with E-state index in [2.05, 4.69) is 9.71 Å². The molecule has 12 heteroatoms. The zero-order valence-corrected chi connectivity index (χ0v) is 21.7. The van der Waals surface area contributed by atoms with E-state index in [-0.39, 0.29) is 22.9 Å². The lowest BCUT2D eigenvalue weighted by atomic mass is 10.0. The van der Waals surface area contributed by atoms with E-state index >= 15 is 4.39 Å². The monoisotopic (exact) mass is 565 g/mol. The SMILES string of the molecule is COS(O)(Nc1cccc(-c2nc(C3CCOCC3)sc2-c2ccnc(F)c2)c1F)c1cc(F)ccc1F. The molecule has 1 unspecified atom stereocenters. The fourth-order valence-electron chi connectivity index (χ4n) is 4.20. The van der Waals surface area contributed by atoms with Crippen LogP contribution in [0.15, 0.2) is 59.6 Å². The van der Waals surface area contributed by atoms with Gasteiger partial charge in [0.1, 0.15) is 16.5 Å². The molecule has 1 fully saturated rings. The van der Waals surface area contributed by atoms with Crippen molar-refractivity contribution in [1.29, 1.82) is 0 Å².